The predicted molar refractivity (Wildman–Crippen MR) is 76.6 cm³/mol. The number of rotatable bonds is 2. The quantitative estimate of drug-likeness (QED) is 0.432. The first kappa shape index (κ1) is 12.9. The molecule has 0 aromatic carbocycles. The molecule has 1 aliphatic carbocycles. The van der Waals surface area contributed by atoms with Crippen molar-refractivity contribution >= 4 is 79.6 Å². The SMILES string of the molecule is CCC(Br)C1=C(Br)C(Br)=C(Br)C1Br. The van der Waals surface area contributed by atoms with Crippen LogP contribution in [0.5, 0.6) is 0 Å². The molecule has 5 heteroatoms. The Labute approximate surface area is 120 Å². The van der Waals surface area contributed by atoms with Crippen molar-refractivity contribution in [3.8, 4) is 0 Å². The zero-order chi connectivity index (χ0) is 10.2. The van der Waals surface area contributed by atoms with Crippen LogP contribution >= 0.6 is 79.6 Å². The van der Waals surface area contributed by atoms with Gasteiger partial charge in [-0.2, -0.15) is 0 Å². The summed E-state index contributed by atoms with van der Waals surface area (Å²) in [6, 6.07) is 0. The summed E-state index contributed by atoms with van der Waals surface area (Å²) in [6.45, 7) is 2.16. The number of alkyl halides is 2. The lowest BCUT2D eigenvalue weighted by Gasteiger charge is -2.14. The summed E-state index contributed by atoms with van der Waals surface area (Å²) in [6.07, 6.45) is 1.08. The number of allylic oxidation sites excluding steroid dienone is 4. The molecular formula is C8H7Br5. The standard InChI is InChI=1S/C8H7Br5/c1-2-3(9)4-5(10)7(12)8(13)6(4)11/h3,5H,2H2,1H3. The van der Waals surface area contributed by atoms with Gasteiger partial charge in [0.25, 0.3) is 0 Å². The molecule has 0 amide bonds. The molecule has 13 heavy (non-hydrogen) atoms. The first-order valence-corrected chi connectivity index (χ1v) is 7.95. The Morgan fingerprint density at radius 3 is 2.08 bits per heavy atom. The molecule has 0 aromatic rings. The average Bonchev–Trinajstić information content (AvgIpc) is 2.30. The molecule has 0 nitrogen and oxygen atoms in total. The highest BCUT2D eigenvalue weighted by atomic mass is 79.9. The van der Waals surface area contributed by atoms with Crippen LogP contribution in [0.25, 0.3) is 0 Å². The van der Waals surface area contributed by atoms with E-state index in [2.05, 4.69) is 86.6 Å². The molecule has 0 N–H and O–H groups in total. The van der Waals surface area contributed by atoms with Crippen LogP contribution in [0.2, 0.25) is 0 Å². The molecule has 74 valence electrons. The fourth-order valence-electron chi connectivity index (χ4n) is 1.11. The molecule has 1 aliphatic rings. The van der Waals surface area contributed by atoms with Gasteiger partial charge in [0.05, 0.1) is 4.83 Å². The fourth-order valence-corrected chi connectivity index (χ4v) is 5.54. The summed E-state index contributed by atoms with van der Waals surface area (Å²) in [5, 5.41) is 0. The van der Waals surface area contributed by atoms with Gasteiger partial charge < -0.3 is 0 Å². The highest BCUT2D eigenvalue weighted by Crippen LogP contribution is 2.48. The highest BCUT2D eigenvalue weighted by Gasteiger charge is 2.31. The second-order valence-corrected chi connectivity index (χ2v) is 7.13. The van der Waals surface area contributed by atoms with Crippen LogP contribution in [0, 0.1) is 0 Å². The summed E-state index contributed by atoms with van der Waals surface area (Å²) in [4.78, 5) is 0.689. The number of halogens is 5. The molecule has 2 atom stereocenters. The van der Waals surface area contributed by atoms with Crippen molar-refractivity contribution in [1.82, 2.24) is 0 Å². The minimum atomic E-state index is 0.278. The van der Waals surface area contributed by atoms with Gasteiger partial charge in [-0.05, 0) is 43.9 Å². The highest BCUT2D eigenvalue weighted by molar-refractivity contribution is 9.17. The number of hydrogen-bond acceptors (Lipinski definition) is 0. The Balaban J connectivity index is 3.03. The Hall–Kier alpha value is 1.88. The predicted octanol–water partition coefficient (Wildman–Crippen LogP) is 5.59. The smallest absolute Gasteiger partial charge is 0.0707 e. The van der Waals surface area contributed by atoms with E-state index in [-0.39, 0.29) is 4.83 Å². The summed E-state index contributed by atoms with van der Waals surface area (Å²) in [5.41, 5.74) is 1.33. The van der Waals surface area contributed by atoms with E-state index in [9.17, 15) is 0 Å². The molecule has 0 aromatic heterocycles. The summed E-state index contributed by atoms with van der Waals surface area (Å²) in [7, 11) is 0. The van der Waals surface area contributed by atoms with Gasteiger partial charge in [-0.25, -0.2) is 0 Å². The van der Waals surface area contributed by atoms with Crippen LogP contribution in [0.1, 0.15) is 13.3 Å². The zero-order valence-corrected chi connectivity index (χ0v) is 14.7. The average molecular weight is 503 g/mol. The first-order valence-electron chi connectivity index (χ1n) is 3.73. The fraction of sp³-hybridized carbons (Fsp3) is 0.500. The Morgan fingerprint density at radius 1 is 1.23 bits per heavy atom. The lowest BCUT2D eigenvalue weighted by molar-refractivity contribution is 0.925. The molecule has 0 saturated heterocycles. The van der Waals surface area contributed by atoms with Crippen LogP contribution in [0.15, 0.2) is 19.0 Å². The Morgan fingerprint density at radius 2 is 1.77 bits per heavy atom. The maximum atomic E-state index is 3.65. The van der Waals surface area contributed by atoms with Crippen molar-refractivity contribution in [2.24, 2.45) is 0 Å². The molecular weight excluding hydrogens is 496 g/mol. The van der Waals surface area contributed by atoms with Gasteiger partial charge in [-0.15, -0.1) is 0 Å². The monoisotopic (exact) mass is 498 g/mol. The minimum Gasteiger partial charge on any atom is -0.0841 e. The van der Waals surface area contributed by atoms with Gasteiger partial charge >= 0.3 is 0 Å². The second-order valence-electron chi connectivity index (χ2n) is 2.67. The molecule has 0 spiro atoms. The largest absolute Gasteiger partial charge is 0.0841 e. The molecule has 0 radical (unpaired) electrons. The molecule has 2 unspecified atom stereocenters. The van der Waals surface area contributed by atoms with E-state index in [4.69, 9.17) is 0 Å². The van der Waals surface area contributed by atoms with E-state index >= 15 is 0 Å². The molecule has 1 rings (SSSR count). The molecule has 0 fully saturated rings. The van der Waals surface area contributed by atoms with E-state index in [0.717, 1.165) is 19.9 Å². The van der Waals surface area contributed by atoms with E-state index < -0.39 is 0 Å². The van der Waals surface area contributed by atoms with Crippen molar-refractivity contribution < 1.29 is 0 Å². The van der Waals surface area contributed by atoms with Crippen molar-refractivity contribution in [3.63, 3.8) is 0 Å². The van der Waals surface area contributed by atoms with Crippen LogP contribution < -0.4 is 0 Å². The van der Waals surface area contributed by atoms with Crippen LogP contribution in [0.4, 0.5) is 0 Å². The third kappa shape index (κ3) is 2.52. The Kier molecular flexibility index (Phi) is 5.26. The first-order chi connectivity index (χ1) is 6.00. The van der Waals surface area contributed by atoms with Crippen LogP contribution in [-0.4, -0.2) is 9.65 Å². The van der Waals surface area contributed by atoms with Crippen molar-refractivity contribution in [2.45, 2.75) is 23.0 Å². The van der Waals surface area contributed by atoms with Gasteiger partial charge in [0, 0.05) is 18.3 Å². The van der Waals surface area contributed by atoms with Crippen molar-refractivity contribution in [3.05, 3.63) is 19.0 Å². The lowest BCUT2D eigenvalue weighted by Crippen LogP contribution is -2.09. The topological polar surface area (TPSA) is 0 Å². The molecule has 0 heterocycles. The normalized spacial score (nSPS) is 25.8. The summed E-state index contributed by atoms with van der Waals surface area (Å²) < 4.78 is 3.39. The second kappa shape index (κ2) is 5.28. The van der Waals surface area contributed by atoms with Crippen LogP contribution in [0.3, 0.4) is 0 Å². The molecule has 0 bridgehead atoms. The van der Waals surface area contributed by atoms with Crippen LogP contribution in [-0.2, 0) is 0 Å². The maximum absolute atomic E-state index is 3.65. The van der Waals surface area contributed by atoms with Gasteiger partial charge in [0.2, 0.25) is 0 Å². The molecule has 0 saturated carbocycles. The van der Waals surface area contributed by atoms with Crippen molar-refractivity contribution in [1.29, 1.82) is 0 Å². The maximum Gasteiger partial charge on any atom is 0.0707 e. The zero-order valence-electron chi connectivity index (χ0n) is 6.75. The van der Waals surface area contributed by atoms with Crippen molar-refractivity contribution in [2.75, 3.05) is 0 Å². The third-order valence-electron chi connectivity index (χ3n) is 1.85. The van der Waals surface area contributed by atoms with E-state index in [0.29, 0.717) is 4.83 Å². The van der Waals surface area contributed by atoms with Gasteiger partial charge in [-0.3, -0.25) is 0 Å². The van der Waals surface area contributed by atoms with Gasteiger partial charge in [-0.1, -0.05) is 54.7 Å². The lowest BCUT2D eigenvalue weighted by atomic mass is 10.1. The summed E-state index contributed by atoms with van der Waals surface area (Å²) >= 11 is 17.9. The van der Waals surface area contributed by atoms with Gasteiger partial charge in [0.1, 0.15) is 0 Å². The number of hydrogen-bond donors (Lipinski definition) is 0. The van der Waals surface area contributed by atoms with E-state index in [1.54, 1.807) is 0 Å². The Bertz CT molecular complexity index is 278. The minimum absolute atomic E-state index is 0.278. The third-order valence-corrected chi connectivity index (χ3v) is 8.15. The van der Waals surface area contributed by atoms with E-state index in [1.807, 2.05) is 0 Å². The van der Waals surface area contributed by atoms with E-state index in [1.165, 1.54) is 5.57 Å². The summed E-state index contributed by atoms with van der Waals surface area (Å²) in [5.74, 6) is 0. The molecule has 0 aliphatic heterocycles. The van der Waals surface area contributed by atoms with Gasteiger partial charge in [0.15, 0.2) is 0 Å².